The van der Waals surface area contributed by atoms with E-state index < -0.39 is 10.0 Å². The SMILES string of the molecule is CC(NS(=O)(=O)c1ccc(N2CCC(C)(N3CCCCC3)CC2)cc1Cl)C(C)c1ccccc1. The van der Waals surface area contributed by atoms with Gasteiger partial charge < -0.3 is 4.90 Å². The van der Waals surface area contributed by atoms with Gasteiger partial charge in [0.15, 0.2) is 0 Å². The van der Waals surface area contributed by atoms with E-state index in [1.165, 1.54) is 32.4 Å². The number of hydrogen-bond acceptors (Lipinski definition) is 4. The van der Waals surface area contributed by atoms with Crippen LogP contribution in [0.1, 0.15) is 64.4 Å². The number of anilines is 1. The fraction of sp³-hybridized carbons (Fsp3) is 0.556. The molecule has 2 aromatic rings. The molecule has 5 nitrogen and oxygen atoms in total. The number of likely N-dealkylation sites (tertiary alicyclic amines) is 1. The minimum absolute atomic E-state index is 0.0385. The van der Waals surface area contributed by atoms with E-state index in [1.54, 1.807) is 6.07 Å². The Morgan fingerprint density at radius 3 is 2.21 bits per heavy atom. The molecule has 0 radical (unpaired) electrons. The van der Waals surface area contributed by atoms with Crippen molar-refractivity contribution in [3.8, 4) is 0 Å². The predicted molar refractivity (Wildman–Crippen MR) is 141 cm³/mol. The lowest BCUT2D eigenvalue weighted by Gasteiger charge is -2.48. The van der Waals surface area contributed by atoms with E-state index in [0.717, 1.165) is 37.2 Å². The molecule has 34 heavy (non-hydrogen) atoms. The molecule has 2 aliphatic rings. The molecule has 0 aliphatic carbocycles. The number of sulfonamides is 1. The Hall–Kier alpha value is -1.60. The van der Waals surface area contributed by atoms with Crippen molar-refractivity contribution in [1.82, 2.24) is 9.62 Å². The zero-order valence-corrected chi connectivity index (χ0v) is 22.2. The van der Waals surface area contributed by atoms with E-state index in [2.05, 4.69) is 21.4 Å². The maximum absolute atomic E-state index is 13.1. The number of nitrogens with zero attached hydrogens (tertiary/aromatic N) is 2. The molecule has 0 bridgehead atoms. The topological polar surface area (TPSA) is 52.7 Å². The van der Waals surface area contributed by atoms with Crippen molar-refractivity contribution in [2.24, 2.45) is 0 Å². The van der Waals surface area contributed by atoms with Crippen molar-refractivity contribution in [3.63, 3.8) is 0 Å². The minimum Gasteiger partial charge on any atom is -0.371 e. The largest absolute Gasteiger partial charge is 0.371 e. The Morgan fingerprint density at radius 2 is 1.59 bits per heavy atom. The molecular formula is C27H38ClN3O2S. The molecule has 2 aromatic carbocycles. The van der Waals surface area contributed by atoms with E-state index in [4.69, 9.17) is 11.6 Å². The van der Waals surface area contributed by atoms with Crippen LogP contribution in [0.4, 0.5) is 5.69 Å². The molecule has 2 saturated heterocycles. The van der Waals surface area contributed by atoms with Crippen LogP contribution in [-0.2, 0) is 10.0 Å². The lowest BCUT2D eigenvalue weighted by Crippen LogP contribution is -2.55. The first kappa shape index (κ1) is 25.5. The van der Waals surface area contributed by atoms with Gasteiger partial charge >= 0.3 is 0 Å². The van der Waals surface area contributed by atoms with E-state index in [0.29, 0.717) is 0 Å². The maximum atomic E-state index is 13.1. The second-order valence-corrected chi connectivity index (χ2v) is 12.3. The quantitative estimate of drug-likeness (QED) is 0.530. The second kappa shape index (κ2) is 10.6. The van der Waals surface area contributed by atoms with Gasteiger partial charge in [0.1, 0.15) is 4.90 Å². The molecule has 0 spiro atoms. The number of hydrogen-bond donors (Lipinski definition) is 1. The molecule has 0 saturated carbocycles. The van der Waals surface area contributed by atoms with Crippen LogP contribution in [0.25, 0.3) is 0 Å². The van der Waals surface area contributed by atoms with Gasteiger partial charge in [-0.05, 0) is 82.3 Å². The summed E-state index contributed by atoms with van der Waals surface area (Å²) in [6, 6.07) is 15.0. The summed E-state index contributed by atoms with van der Waals surface area (Å²) in [5.74, 6) is 0.0385. The number of benzene rings is 2. The van der Waals surface area contributed by atoms with E-state index in [-0.39, 0.29) is 27.4 Å². The first-order valence-electron chi connectivity index (χ1n) is 12.6. The summed E-state index contributed by atoms with van der Waals surface area (Å²) in [6.45, 7) is 10.7. The molecule has 2 fully saturated rings. The van der Waals surface area contributed by atoms with Crippen molar-refractivity contribution < 1.29 is 8.42 Å². The average molecular weight is 504 g/mol. The summed E-state index contributed by atoms with van der Waals surface area (Å²) >= 11 is 6.54. The van der Waals surface area contributed by atoms with Crippen LogP contribution in [0.5, 0.6) is 0 Å². The number of halogens is 1. The average Bonchev–Trinajstić information content (AvgIpc) is 2.84. The summed E-state index contributed by atoms with van der Waals surface area (Å²) in [7, 11) is -3.73. The Balaban J connectivity index is 1.41. The molecule has 2 atom stereocenters. The monoisotopic (exact) mass is 503 g/mol. The Morgan fingerprint density at radius 1 is 0.941 bits per heavy atom. The molecule has 7 heteroatoms. The summed E-state index contributed by atoms with van der Waals surface area (Å²) in [4.78, 5) is 5.15. The van der Waals surface area contributed by atoms with Gasteiger partial charge in [-0.3, -0.25) is 4.90 Å². The minimum atomic E-state index is -3.73. The molecule has 1 N–H and O–H groups in total. The highest BCUT2D eigenvalue weighted by molar-refractivity contribution is 7.89. The Labute approximate surface area is 210 Å². The van der Waals surface area contributed by atoms with Crippen molar-refractivity contribution >= 4 is 27.3 Å². The normalized spacial score (nSPS) is 21.2. The van der Waals surface area contributed by atoms with Gasteiger partial charge in [0.05, 0.1) is 5.02 Å². The van der Waals surface area contributed by atoms with Crippen LogP contribution in [0.2, 0.25) is 5.02 Å². The van der Waals surface area contributed by atoms with Gasteiger partial charge in [-0.1, -0.05) is 55.3 Å². The standard InChI is InChI=1S/C27H38ClN3O2S/c1-21(23-10-6-4-7-11-23)22(2)29-34(32,33)26-13-12-24(20-25(26)28)30-18-14-27(3,15-19-30)31-16-8-5-9-17-31/h4,6-7,10-13,20-22,29H,5,8-9,14-19H2,1-3H3. The van der Waals surface area contributed by atoms with Crippen LogP contribution in [0.3, 0.4) is 0 Å². The number of nitrogens with one attached hydrogen (secondary N) is 1. The zero-order valence-electron chi connectivity index (χ0n) is 20.6. The van der Waals surface area contributed by atoms with Crippen LogP contribution in [0, 0.1) is 0 Å². The zero-order chi connectivity index (χ0) is 24.3. The molecule has 186 valence electrons. The van der Waals surface area contributed by atoms with Gasteiger partial charge in [0.25, 0.3) is 0 Å². The van der Waals surface area contributed by atoms with Crippen molar-refractivity contribution in [2.75, 3.05) is 31.1 Å². The predicted octanol–water partition coefficient (Wildman–Crippen LogP) is 5.66. The van der Waals surface area contributed by atoms with Crippen LogP contribution in [-0.4, -0.2) is 51.1 Å². The molecule has 0 aromatic heterocycles. The second-order valence-electron chi connectivity index (χ2n) is 10.3. The van der Waals surface area contributed by atoms with E-state index >= 15 is 0 Å². The van der Waals surface area contributed by atoms with Crippen molar-refractivity contribution in [3.05, 3.63) is 59.1 Å². The van der Waals surface area contributed by atoms with Crippen molar-refractivity contribution in [2.45, 2.75) is 75.3 Å². The van der Waals surface area contributed by atoms with Gasteiger partial charge in [0, 0.05) is 30.4 Å². The van der Waals surface area contributed by atoms with E-state index in [9.17, 15) is 8.42 Å². The van der Waals surface area contributed by atoms with Crippen molar-refractivity contribution in [1.29, 1.82) is 0 Å². The molecule has 4 rings (SSSR count). The fourth-order valence-corrected chi connectivity index (χ4v) is 7.22. The lowest BCUT2D eigenvalue weighted by molar-refractivity contribution is 0.0594. The van der Waals surface area contributed by atoms with Gasteiger partial charge in [-0.15, -0.1) is 0 Å². The molecule has 2 aliphatic heterocycles. The third-order valence-electron chi connectivity index (χ3n) is 7.95. The first-order valence-corrected chi connectivity index (χ1v) is 14.4. The number of rotatable bonds is 7. The molecule has 0 amide bonds. The molecular weight excluding hydrogens is 466 g/mol. The Kier molecular flexibility index (Phi) is 7.92. The van der Waals surface area contributed by atoms with E-state index in [1.807, 2.05) is 56.3 Å². The van der Waals surface area contributed by atoms with Gasteiger partial charge in [-0.25, -0.2) is 13.1 Å². The summed E-state index contributed by atoms with van der Waals surface area (Å²) < 4.78 is 29.1. The third kappa shape index (κ3) is 5.62. The summed E-state index contributed by atoms with van der Waals surface area (Å²) in [5.41, 5.74) is 2.36. The first-order chi connectivity index (χ1) is 16.2. The highest BCUT2D eigenvalue weighted by Crippen LogP contribution is 2.35. The molecule has 2 unspecified atom stereocenters. The van der Waals surface area contributed by atoms with Gasteiger partial charge in [0.2, 0.25) is 10.0 Å². The molecule has 2 heterocycles. The maximum Gasteiger partial charge on any atom is 0.242 e. The fourth-order valence-electron chi connectivity index (χ4n) is 5.36. The van der Waals surface area contributed by atoms with Crippen LogP contribution >= 0.6 is 11.6 Å². The smallest absolute Gasteiger partial charge is 0.242 e. The van der Waals surface area contributed by atoms with Crippen LogP contribution in [0.15, 0.2) is 53.4 Å². The lowest BCUT2D eigenvalue weighted by atomic mass is 9.86. The number of piperidine rings is 2. The van der Waals surface area contributed by atoms with Gasteiger partial charge in [-0.2, -0.15) is 0 Å². The van der Waals surface area contributed by atoms with Crippen LogP contribution < -0.4 is 9.62 Å². The highest BCUT2D eigenvalue weighted by atomic mass is 35.5. The summed E-state index contributed by atoms with van der Waals surface area (Å²) in [6.07, 6.45) is 6.19. The third-order valence-corrected chi connectivity index (χ3v) is 9.99. The summed E-state index contributed by atoms with van der Waals surface area (Å²) in [5, 5.41) is 0.272. The highest BCUT2D eigenvalue weighted by Gasteiger charge is 2.36. The Bertz CT molecular complexity index is 1060.